The van der Waals surface area contributed by atoms with Crippen LogP contribution in [0.5, 0.6) is 11.5 Å². The van der Waals surface area contributed by atoms with Crippen LogP contribution in [0.15, 0.2) is 30.6 Å². The fraction of sp³-hybridized carbons (Fsp3) is 0.167. The van der Waals surface area contributed by atoms with Gasteiger partial charge in [-0.25, -0.2) is 0 Å². The minimum atomic E-state index is -3.68. The quantitative estimate of drug-likeness (QED) is 0.894. The van der Waals surface area contributed by atoms with Gasteiger partial charge in [-0.3, -0.25) is 9.48 Å². The third-order valence-electron chi connectivity index (χ3n) is 2.64. The number of nitrogen functional groups attached to an aromatic ring is 1. The lowest BCUT2D eigenvalue weighted by molar-refractivity contribution is -0.286. The van der Waals surface area contributed by atoms with E-state index in [1.807, 2.05) is 0 Å². The number of nitrogens with one attached hydrogen (secondary N) is 1. The summed E-state index contributed by atoms with van der Waals surface area (Å²) in [6.45, 7) is -0.0538. The molecule has 2 aromatic rings. The topological polar surface area (TPSA) is 91.4 Å². The molecule has 0 aliphatic carbocycles. The monoisotopic (exact) mass is 296 g/mol. The van der Waals surface area contributed by atoms with Gasteiger partial charge in [0.05, 0.1) is 11.9 Å². The molecule has 1 aliphatic rings. The number of alkyl halides is 2. The van der Waals surface area contributed by atoms with Crippen molar-refractivity contribution in [2.75, 3.05) is 11.1 Å². The number of nitrogens with two attached hydrogens (primary N) is 1. The summed E-state index contributed by atoms with van der Waals surface area (Å²) in [4.78, 5) is 11.8. The van der Waals surface area contributed by atoms with Crippen LogP contribution in [0.4, 0.5) is 20.2 Å². The van der Waals surface area contributed by atoms with Crippen molar-refractivity contribution in [1.29, 1.82) is 0 Å². The molecule has 0 bridgehead atoms. The van der Waals surface area contributed by atoms with Crippen molar-refractivity contribution >= 4 is 17.3 Å². The first-order valence-corrected chi connectivity index (χ1v) is 5.89. The van der Waals surface area contributed by atoms with Gasteiger partial charge in [0.15, 0.2) is 11.5 Å². The van der Waals surface area contributed by atoms with E-state index in [9.17, 15) is 13.6 Å². The van der Waals surface area contributed by atoms with E-state index in [-0.39, 0.29) is 24.0 Å². The molecule has 0 fully saturated rings. The van der Waals surface area contributed by atoms with Gasteiger partial charge < -0.3 is 20.5 Å². The molecule has 21 heavy (non-hydrogen) atoms. The third-order valence-corrected chi connectivity index (χ3v) is 2.64. The molecule has 110 valence electrons. The zero-order valence-electron chi connectivity index (χ0n) is 10.5. The second kappa shape index (κ2) is 4.62. The van der Waals surface area contributed by atoms with Crippen molar-refractivity contribution in [1.82, 2.24) is 9.78 Å². The number of ether oxygens (including phenoxy) is 2. The molecule has 7 nitrogen and oxygen atoms in total. The van der Waals surface area contributed by atoms with E-state index in [1.54, 1.807) is 0 Å². The maximum Gasteiger partial charge on any atom is 0.586 e. The van der Waals surface area contributed by atoms with E-state index < -0.39 is 6.29 Å². The lowest BCUT2D eigenvalue weighted by atomic mass is 10.3. The van der Waals surface area contributed by atoms with Crippen LogP contribution in [0.3, 0.4) is 0 Å². The first-order chi connectivity index (χ1) is 9.91. The van der Waals surface area contributed by atoms with Gasteiger partial charge in [0.2, 0.25) is 5.91 Å². The predicted octanol–water partition coefficient (Wildman–Crippen LogP) is 1.43. The highest BCUT2D eigenvalue weighted by molar-refractivity contribution is 5.90. The minimum absolute atomic E-state index is 0.0538. The van der Waals surface area contributed by atoms with Crippen LogP contribution in [0, 0.1) is 0 Å². The highest BCUT2D eigenvalue weighted by atomic mass is 19.3. The predicted molar refractivity (Wildman–Crippen MR) is 67.9 cm³/mol. The van der Waals surface area contributed by atoms with E-state index in [1.165, 1.54) is 35.3 Å². The number of rotatable bonds is 3. The van der Waals surface area contributed by atoms with Crippen LogP contribution in [-0.2, 0) is 11.3 Å². The first-order valence-electron chi connectivity index (χ1n) is 5.89. The molecule has 1 amide bonds. The molecular formula is C12H10F2N4O3. The lowest BCUT2D eigenvalue weighted by Gasteiger charge is -2.06. The van der Waals surface area contributed by atoms with E-state index in [4.69, 9.17) is 5.73 Å². The second-order valence-electron chi connectivity index (χ2n) is 4.35. The molecule has 3 rings (SSSR count). The van der Waals surface area contributed by atoms with Gasteiger partial charge in [0.1, 0.15) is 6.54 Å². The summed E-state index contributed by atoms with van der Waals surface area (Å²) < 4.78 is 35.6. The highest BCUT2D eigenvalue weighted by Gasteiger charge is 2.43. The largest absolute Gasteiger partial charge is 0.586 e. The molecule has 2 heterocycles. The van der Waals surface area contributed by atoms with Crippen molar-refractivity contribution in [2.45, 2.75) is 12.8 Å². The van der Waals surface area contributed by atoms with Crippen LogP contribution in [-0.4, -0.2) is 22.0 Å². The summed E-state index contributed by atoms with van der Waals surface area (Å²) in [6.07, 6.45) is -0.771. The van der Waals surface area contributed by atoms with Gasteiger partial charge in [-0.2, -0.15) is 5.10 Å². The van der Waals surface area contributed by atoms with Crippen molar-refractivity contribution in [2.24, 2.45) is 0 Å². The Bertz CT molecular complexity index is 702. The van der Waals surface area contributed by atoms with E-state index in [0.717, 1.165) is 0 Å². The van der Waals surface area contributed by atoms with Crippen LogP contribution in [0.2, 0.25) is 0 Å². The summed E-state index contributed by atoms with van der Waals surface area (Å²) in [5.41, 5.74) is 6.22. The zero-order valence-corrected chi connectivity index (χ0v) is 10.5. The number of aromatic nitrogens is 2. The van der Waals surface area contributed by atoms with Crippen LogP contribution in [0.1, 0.15) is 0 Å². The third kappa shape index (κ3) is 2.86. The normalized spacial score (nSPS) is 15.0. The Balaban J connectivity index is 1.67. The minimum Gasteiger partial charge on any atom is -0.396 e. The first kappa shape index (κ1) is 13.2. The van der Waals surface area contributed by atoms with Gasteiger partial charge in [-0.15, -0.1) is 8.78 Å². The van der Waals surface area contributed by atoms with Crippen LogP contribution >= 0.6 is 0 Å². The number of halogens is 2. The Kier molecular flexibility index (Phi) is 2.89. The number of hydrogen-bond acceptors (Lipinski definition) is 5. The number of anilines is 2. The van der Waals surface area contributed by atoms with Crippen molar-refractivity contribution in [3.63, 3.8) is 0 Å². The summed E-state index contributed by atoms with van der Waals surface area (Å²) in [5.74, 6) is -0.609. The molecule has 0 saturated heterocycles. The molecule has 0 radical (unpaired) electrons. The number of carbonyl (C=O) groups excluding carboxylic acids is 1. The molecule has 3 N–H and O–H groups in total. The number of carbonyl (C=O) groups is 1. The smallest absolute Gasteiger partial charge is 0.396 e. The van der Waals surface area contributed by atoms with Crippen LogP contribution in [0.25, 0.3) is 0 Å². The molecule has 0 unspecified atom stereocenters. The molecule has 0 saturated carbocycles. The van der Waals surface area contributed by atoms with Crippen LogP contribution < -0.4 is 20.5 Å². The Morgan fingerprint density at radius 1 is 1.38 bits per heavy atom. The molecule has 0 spiro atoms. The fourth-order valence-corrected chi connectivity index (χ4v) is 1.84. The average molecular weight is 296 g/mol. The van der Waals surface area contributed by atoms with Crippen molar-refractivity contribution < 1.29 is 23.0 Å². The Morgan fingerprint density at radius 3 is 2.86 bits per heavy atom. The Labute approximate surface area is 117 Å². The fourth-order valence-electron chi connectivity index (χ4n) is 1.84. The van der Waals surface area contributed by atoms with E-state index in [2.05, 4.69) is 19.9 Å². The van der Waals surface area contributed by atoms with Gasteiger partial charge in [0, 0.05) is 18.0 Å². The molecule has 0 atom stereocenters. The SMILES string of the molecule is Nc1cnn(CC(=O)Nc2ccc3c(c2)OC(F)(F)O3)c1. The number of amides is 1. The maximum absolute atomic E-state index is 12.9. The van der Waals surface area contributed by atoms with E-state index in [0.29, 0.717) is 11.4 Å². The van der Waals surface area contributed by atoms with Crippen molar-refractivity contribution in [3.8, 4) is 11.5 Å². The molecule has 9 heteroatoms. The summed E-state index contributed by atoms with van der Waals surface area (Å²) in [5, 5.41) is 6.40. The standard InChI is InChI=1S/C12H10F2N4O3/c13-12(14)20-9-2-1-8(3-10(9)21-12)17-11(19)6-18-5-7(15)4-16-18/h1-5H,6,15H2,(H,17,19). The van der Waals surface area contributed by atoms with Crippen molar-refractivity contribution in [3.05, 3.63) is 30.6 Å². The molecular weight excluding hydrogens is 286 g/mol. The molecule has 1 aliphatic heterocycles. The summed E-state index contributed by atoms with van der Waals surface area (Å²) in [6, 6.07) is 3.97. The maximum atomic E-state index is 12.9. The second-order valence-corrected chi connectivity index (χ2v) is 4.35. The Morgan fingerprint density at radius 2 is 2.14 bits per heavy atom. The number of benzene rings is 1. The molecule has 1 aromatic heterocycles. The van der Waals surface area contributed by atoms with Gasteiger partial charge in [0.25, 0.3) is 0 Å². The Hall–Kier alpha value is -2.84. The lowest BCUT2D eigenvalue weighted by Crippen LogP contribution is -2.25. The average Bonchev–Trinajstić information content (AvgIpc) is 2.90. The summed E-state index contributed by atoms with van der Waals surface area (Å²) in [7, 11) is 0. The van der Waals surface area contributed by atoms with E-state index >= 15 is 0 Å². The van der Waals surface area contributed by atoms with Gasteiger partial charge in [-0.05, 0) is 12.1 Å². The molecule has 1 aromatic carbocycles. The number of hydrogen-bond donors (Lipinski definition) is 2. The highest BCUT2D eigenvalue weighted by Crippen LogP contribution is 2.42. The summed E-state index contributed by atoms with van der Waals surface area (Å²) >= 11 is 0. The van der Waals surface area contributed by atoms with Gasteiger partial charge >= 0.3 is 6.29 Å². The number of nitrogens with zero attached hydrogens (tertiary/aromatic N) is 2. The zero-order chi connectivity index (χ0) is 15.0. The van der Waals surface area contributed by atoms with Gasteiger partial charge in [-0.1, -0.05) is 0 Å². The number of fused-ring (bicyclic) bond motifs is 1.